The molecule has 0 amide bonds. The highest BCUT2D eigenvalue weighted by Gasteiger charge is 2.11. The van der Waals surface area contributed by atoms with Crippen molar-refractivity contribution in [2.24, 2.45) is 5.10 Å². The van der Waals surface area contributed by atoms with Crippen molar-refractivity contribution >= 4 is 22.7 Å². The first-order chi connectivity index (χ1) is 12.6. The van der Waals surface area contributed by atoms with Gasteiger partial charge in [0.1, 0.15) is 11.8 Å². The number of hydrazone groups is 1. The SMILES string of the molecule is COc1ccccc1N/N=C(\C#N)c1nc(-c2ccc(C)c(C)c2)cs1. The zero-order valence-electron chi connectivity index (χ0n) is 14.8. The maximum absolute atomic E-state index is 9.46. The minimum absolute atomic E-state index is 0.232. The number of nitrogens with zero attached hydrogens (tertiary/aromatic N) is 3. The molecule has 0 spiro atoms. The molecule has 6 heteroatoms. The summed E-state index contributed by atoms with van der Waals surface area (Å²) in [6.45, 7) is 4.15. The molecule has 3 rings (SSSR count). The van der Waals surface area contributed by atoms with Gasteiger partial charge in [-0.1, -0.05) is 24.3 Å². The predicted molar refractivity (Wildman–Crippen MR) is 106 cm³/mol. The highest BCUT2D eigenvalue weighted by Crippen LogP contribution is 2.25. The molecule has 0 saturated carbocycles. The van der Waals surface area contributed by atoms with Crippen LogP contribution in [0, 0.1) is 25.2 Å². The van der Waals surface area contributed by atoms with Crippen molar-refractivity contribution < 1.29 is 4.74 Å². The fraction of sp³-hybridized carbons (Fsp3) is 0.150. The molecule has 1 N–H and O–H groups in total. The molecule has 5 nitrogen and oxygen atoms in total. The quantitative estimate of drug-likeness (QED) is 0.524. The van der Waals surface area contributed by atoms with Crippen LogP contribution in [0.25, 0.3) is 11.3 Å². The van der Waals surface area contributed by atoms with E-state index in [1.165, 1.54) is 22.5 Å². The predicted octanol–water partition coefficient (Wildman–Crippen LogP) is 4.78. The molecule has 2 aromatic carbocycles. The van der Waals surface area contributed by atoms with Crippen LogP contribution in [-0.4, -0.2) is 17.8 Å². The van der Waals surface area contributed by atoms with Gasteiger partial charge in [0.25, 0.3) is 0 Å². The first-order valence-electron chi connectivity index (χ1n) is 8.02. The second-order valence-corrected chi connectivity index (χ2v) is 6.58. The molecule has 0 aliphatic heterocycles. The number of thiazole rings is 1. The molecule has 130 valence electrons. The lowest BCUT2D eigenvalue weighted by Crippen LogP contribution is -2.02. The van der Waals surface area contributed by atoms with E-state index in [-0.39, 0.29) is 5.71 Å². The van der Waals surface area contributed by atoms with Gasteiger partial charge in [-0.05, 0) is 43.2 Å². The van der Waals surface area contributed by atoms with Crippen molar-refractivity contribution in [3.8, 4) is 23.1 Å². The van der Waals surface area contributed by atoms with E-state index in [0.29, 0.717) is 16.4 Å². The Bertz CT molecular complexity index is 1000. The van der Waals surface area contributed by atoms with Crippen molar-refractivity contribution in [2.45, 2.75) is 13.8 Å². The van der Waals surface area contributed by atoms with E-state index >= 15 is 0 Å². The monoisotopic (exact) mass is 362 g/mol. The van der Waals surface area contributed by atoms with Crippen LogP contribution < -0.4 is 10.2 Å². The number of nitrogens with one attached hydrogen (secondary N) is 1. The van der Waals surface area contributed by atoms with E-state index in [0.717, 1.165) is 11.3 Å². The summed E-state index contributed by atoms with van der Waals surface area (Å²) in [6.07, 6.45) is 0. The van der Waals surface area contributed by atoms with Crippen LogP contribution in [0.15, 0.2) is 52.9 Å². The average molecular weight is 362 g/mol. The summed E-state index contributed by atoms with van der Waals surface area (Å²) < 4.78 is 5.27. The first-order valence-corrected chi connectivity index (χ1v) is 8.90. The molecule has 0 saturated heterocycles. The highest BCUT2D eigenvalue weighted by molar-refractivity contribution is 7.12. The minimum atomic E-state index is 0.232. The minimum Gasteiger partial charge on any atom is -0.495 e. The Morgan fingerprint density at radius 3 is 2.73 bits per heavy atom. The van der Waals surface area contributed by atoms with E-state index in [9.17, 15) is 5.26 Å². The van der Waals surface area contributed by atoms with Gasteiger partial charge in [0.05, 0.1) is 18.5 Å². The van der Waals surface area contributed by atoms with Gasteiger partial charge in [-0.25, -0.2) is 4.98 Å². The van der Waals surface area contributed by atoms with Gasteiger partial charge in [-0.15, -0.1) is 11.3 Å². The topological polar surface area (TPSA) is 70.3 Å². The van der Waals surface area contributed by atoms with E-state index in [2.05, 4.69) is 47.6 Å². The van der Waals surface area contributed by atoms with Gasteiger partial charge >= 0.3 is 0 Å². The lowest BCUT2D eigenvalue weighted by atomic mass is 10.1. The van der Waals surface area contributed by atoms with E-state index in [4.69, 9.17) is 4.74 Å². The molecule has 26 heavy (non-hydrogen) atoms. The van der Waals surface area contributed by atoms with Crippen molar-refractivity contribution in [3.63, 3.8) is 0 Å². The molecule has 1 heterocycles. The smallest absolute Gasteiger partial charge is 0.196 e. The number of rotatable bonds is 5. The van der Waals surface area contributed by atoms with Gasteiger partial charge < -0.3 is 4.74 Å². The number of para-hydroxylation sites is 2. The Morgan fingerprint density at radius 2 is 2.00 bits per heavy atom. The first kappa shape index (κ1) is 17.6. The zero-order valence-corrected chi connectivity index (χ0v) is 15.6. The standard InChI is InChI=1S/C20H18N4OS/c1-13-8-9-15(10-14(13)2)18-12-26-20(22-18)17(11-21)24-23-16-6-4-5-7-19(16)25-3/h4-10,12,23H,1-3H3/b24-17+. The summed E-state index contributed by atoms with van der Waals surface area (Å²) in [4.78, 5) is 4.57. The Balaban J connectivity index is 1.86. The Morgan fingerprint density at radius 1 is 1.19 bits per heavy atom. The Hall–Kier alpha value is -3.17. The van der Waals surface area contributed by atoms with Crippen LogP contribution in [-0.2, 0) is 0 Å². The number of aryl methyl sites for hydroxylation is 2. The van der Waals surface area contributed by atoms with Crippen LogP contribution in [0.2, 0.25) is 0 Å². The second kappa shape index (κ2) is 7.81. The molecule has 0 atom stereocenters. The van der Waals surface area contributed by atoms with Crippen molar-refractivity contribution in [3.05, 3.63) is 64.0 Å². The Kier molecular flexibility index (Phi) is 5.30. The van der Waals surface area contributed by atoms with E-state index < -0.39 is 0 Å². The molecule has 3 aromatic rings. The molecule has 0 fully saturated rings. The van der Waals surface area contributed by atoms with Gasteiger partial charge in [-0.2, -0.15) is 10.4 Å². The molecule has 0 unspecified atom stereocenters. The molecule has 0 bridgehead atoms. The number of anilines is 1. The summed E-state index contributed by atoms with van der Waals surface area (Å²) in [5, 5.41) is 16.2. The normalized spacial score (nSPS) is 11.1. The van der Waals surface area contributed by atoms with Gasteiger partial charge in [0, 0.05) is 10.9 Å². The molecule has 0 radical (unpaired) electrons. The van der Waals surface area contributed by atoms with Crippen LogP contribution >= 0.6 is 11.3 Å². The number of benzene rings is 2. The van der Waals surface area contributed by atoms with E-state index in [1.807, 2.05) is 35.7 Å². The number of methoxy groups -OCH3 is 1. The molecule has 1 aromatic heterocycles. The molecule has 0 aliphatic rings. The largest absolute Gasteiger partial charge is 0.495 e. The molecule has 0 aliphatic carbocycles. The molecular weight excluding hydrogens is 344 g/mol. The third-order valence-corrected chi connectivity index (χ3v) is 4.86. The third kappa shape index (κ3) is 3.73. The van der Waals surface area contributed by atoms with Crippen LogP contribution in [0.3, 0.4) is 0 Å². The highest BCUT2D eigenvalue weighted by atomic mass is 32.1. The summed E-state index contributed by atoms with van der Waals surface area (Å²) in [7, 11) is 1.59. The van der Waals surface area contributed by atoms with Crippen LogP contribution in [0.1, 0.15) is 16.1 Å². The molecular formula is C20H18N4OS. The summed E-state index contributed by atoms with van der Waals surface area (Å²) in [5.74, 6) is 0.656. The van der Waals surface area contributed by atoms with E-state index in [1.54, 1.807) is 7.11 Å². The fourth-order valence-electron chi connectivity index (χ4n) is 2.39. The lowest BCUT2D eigenvalue weighted by Gasteiger charge is -2.06. The average Bonchev–Trinajstić information content (AvgIpc) is 3.15. The maximum atomic E-state index is 9.46. The van der Waals surface area contributed by atoms with Crippen molar-refractivity contribution in [1.82, 2.24) is 4.98 Å². The second-order valence-electron chi connectivity index (χ2n) is 5.72. The van der Waals surface area contributed by atoms with Gasteiger partial charge in [0.15, 0.2) is 10.7 Å². The third-order valence-electron chi connectivity index (χ3n) is 4.01. The number of nitriles is 1. The number of ether oxygens (including phenoxy) is 1. The van der Waals surface area contributed by atoms with Crippen molar-refractivity contribution in [1.29, 1.82) is 5.26 Å². The maximum Gasteiger partial charge on any atom is 0.196 e. The summed E-state index contributed by atoms with van der Waals surface area (Å²) in [6, 6.07) is 15.7. The van der Waals surface area contributed by atoms with Gasteiger partial charge in [0.2, 0.25) is 0 Å². The number of hydrogen-bond donors (Lipinski definition) is 1. The summed E-state index contributed by atoms with van der Waals surface area (Å²) in [5.41, 5.74) is 8.13. The zero-order chi connectivity index (χ0) is 18.5. The fourth-order valence-corrected chi connectivity index (χ4v) is 3.16. The number of hydrogen-bond acceptors (Lipinski definition) is 6. The Labute approximate surface area is 156 Å². The van der Waals surface area contributed by atoms with Gasteiger partial charge in [-0.3, -0.25) is 5.43 Å². The van der Waals surface area contributed by atoms with Crippen LogP contribution in [0.5, 0.6) is 5.75 Å². The van der Waals surface area contributed by atoms with Crippen LogP contribution in [0.4, 0.5) is 5.69 Å². The number of aromatic nitrogens is 1. The lowest BCUT2D eigenvalue weighted by molar-refractivity contribution is 0.416. The summed E-state index contributed by atoms with van der Waals surface area (Å²) >= 11 is 1.40. The van der Waals surface area contributed by atoms with Crippen molar-refractivity contribution in [2.75, 3.05) is 12.5 Å².